The van der Waals surface area contributed by atoms with Crippen LogP contribution in [-0.4, -0.2) is 13.3 Å². The third-order valence-electron chi connectivity index (χ3n) is 8.79. The Morgan fingerprint density at radius 2 is 0.826 bits per heavy atom. The van der Waals surface area contributed by atoms with Crippen LogP contribution < -0.4 is 4.40 Å². The molecule has 0 aromatic heterocycles. The van der Waals surface area contributed by atoms with E-state index < -0.39 is 37.4 Å². The first-order valence-electron chi connectivity index (χ1n) is 19.8. The van der Waals surface area contributed by atoms with Crippen molar-refractivity contribution in [1.29, 1.82) is 0 Å². The fourth-order valence-electron chi connectivity index (χ4n) is 6.86. The van der Waals surface area contributed by atoms with Gasteiger partial charge in [0.05, 0.1) is 0 Å². The summed E-state index contributed by atoms with van der Waals surface area (Å²) in [6.45, 7) is 8.13. The Bertz CT molecular complexity index is 2520. The molecule has 7 aromatic rings. The summed E-state index contributed by atoms with van der Waals surface area (Å²) in [5.41, 5.74) is 9.53. The zero-order valence-corrected chi connectivity index (χ0v) is 29.6. The monoisotopic (exact) mass is 664 g/mol. The topological polar surface area (TPSA) is 0 Å². The second kappa shape index (κ2) is 11.8. The predicted molar refractivity (Wildman–Crippen MR) is 205 cm³/mol. The van der Waals surface area contributed by atoms with Crippen LogP contribution in [0.2, 0.25) is 17.3 Å². The Labute approximate surface area is 288 Å². The van der Waals surface area contributed by atoms with E-state index in [1.54, 1.807) is 0 Å². The number of fused-ring (bicyclic) bond motifs is 2. The van der Waals surface area contributed by atoms with Crippen LogP contribution in [0.5, 0.6) is 0 Å². The number of hydrogen-bond donors (Lipinski definition) is 0. The molecule has 1 heteroatoms. The maximum absolute atomic E-state index is 9.60. The Hall–Kier alpha value is -4.40. The second-order valence-electron chi connectivity index (χ2n) is 13.6. The van der Waals surface area contributed by atoms with Gasteiger partial charge in [-0.15, -0.1) is 0 Å². The molecule has 0 aliphatic rings. The Balaban J connectivity index is 1.84. The summed E-state index contributed by atoms with van der Waals surface area (Å²) in [5.74, 6) is 6.88. The molecule has 0 unspecified atom stereocenters. The predicted octanol–water partition coefficient (Wildman–Crippen LogP) is 12.4. The van der Waals surface area contributed by atoms with E-state index in [4.69, 9.17) is 5.48 Å². The molecule has 0 radical (unpaired) electrons. The van der Waals surface area contributed by atoms with Crippen molar-refractivity contribution in [2.75, 3.05) is 0 Å². The first kappa shape index (κ1) is 22.2. The van der Waals surface area contributed by atoms with Gasteiger partial charge in [0, 0.05) is 0 Å². The van der Waals surface area contributed by atoms with Crippen molar-refractivity contribution in [2.45, 2.75) is 45.0 Å². The van der Waals surface area contributed by atoms with Crippen LogP contribution in [0.3, 0.4) is 0 Å². The summed E-state index contributed by atoms with van der Waals surface area (Å²) < 4.78 is 75.2. The molecule has 0 bridgehead atoms. The van der Waals surface area contributed by atoms with E-state index in [1.165, 1.54) is 4.40 Å². The standard InChI is InChI=1S/C45H42Ge/c1-29-23-30(2)26-34(25-29)37-17-12-18-38(35-27-31(3)24-32(4)28-35)44(37)45-41-15-10-8-13-39(41)43(40-14-9-11-16-42(40)45)33-19-21-36(22-20-33)46(5,6)7/h8-28H,1-7H3/i8D,9D,10D,11D,13D,14D,15D,16D. The van der Waals surface area contributed by atoms with E-state index in [1.807, 2.05) is 58.0 Å². The van der Waals surface area contributed by atoms with Crippen LogP contribution in [-0.2, 0) is 0 Å². The average molecular weight is 663 g/mol. The van der Waals surface area contributed by atoms with Crippen molar-refractivity contribution in [3.8, 4) is 44.5 Å². The zero-order valence-electron chi connectivity index (χ0n) is 35.5. The molecule has 0 N–H and O–H groups in total. The van der Waals surface area contributed by atoms with E-state index in [2.05, 4.69) is 65.8 Å². The van der Waals surface area contributed by atoms with Crippen molar-refractivity contribution < 1.29 is 11.0 Å². The molecule has 0 saturated heterocycles. The van der Waals surface area contributed by atoms with Gasteiger partial charge < -0.3 is 0 Å². The molecular weight excluding hydrogens is 613 g/mol. The van der Waals surface area contributed by atoms with E-state index in [9.17, 15) is 5.48 Å². The summed E-state index contributed by atoms with van der Waals surface area (Å²) in [5, 5.41) is 0.877. The number of aryl methyl sites for hydroxylation is 4. The Kier molecular flexibility index (Phi) is 5.67. The van der Waals surface area contributed by atoms with Crippen molar-refractivity contribution in [3.63, 3.8) is 0 Å². The summed E-state index contributed by atoms with van der Waals surface area (Å²) >= 11 is -2.27. The van der Waals surface area contributed by atoms with Crippen LogP contribution in [0.25, 0.3) is 66.1 Å². The number of rotatable bonds is 5. The van der Waals surface area contributed by atoms with Crippen molar-refractivity contribution >= 4 is 39.2 Å². The van der Waals surface area contributed by atoms with Crippen LogP contribution in [0.4, 0.5) is 0 Å². The molecule has 46 heavy (non-hydrogen) atoms. The van der Waals surface area contributed by atoms with Gasteiger partial charge in [0.2, 0.25) is 0 Å². The molecule has 0 saturated carbocycles. The van der Waals surface area contributed by atoms with Crippen molar-refractivity contribution in [2.24, 2.45) is 0 Å². The molecule has 0 nitrogen and oxygen atoms in total. The van der Waals surface area contributed by atoms with Crippen LogP contribution in [0.1, 0.15) is 33.2 Å². The van der Waals surface area contributed by atoms with Gasteiger partial charge in [-0.05, 0) is 27.7 Å². The third-order valence-corrected chi connectivity index (χ3v) is 13.1. The molecule has 0 atom stereocenters. The first-order valence-corrected chi connectivity index (χ1v) is 23.1. The van der Waals surface area contributed by atoms with Gasteiger partial charge in [0.15, 0.2) is 0 Å². The maximum atomic E-state index is 9.60. The quantitative estimate of drug-likeness (QED) is 0.127. The SMILES string of the molecule is [2H]c1c([2H])c([2H])c2c(-c3c(-c4cc(C)cc(C)c4)cccc3-c3cc(C)cc(C)c3)c3c([2H])c([2H])c([2H])c([2H])c3c(-c3cc[c]([Ge]([CH3])([CH3])[CH3])cc3)c2c1[2H]. The van der Waals surface area contributed by atoms with Gasteiger partial charge in [-0.3, -0.25) is 0 Å². The van der Waals surface area contributed by atoms with Crippen molar-refractivity contribution in [3.05, 3.63) is 149 Å². The molecule has 7 rings (SSSR count). The fraction of sp³-hybridized carbons (Fsp3) is 0.156. The Morgan fingerprint density at radius 3 is 1.22 bits per heavy atom. The van der Waals surface area contributed by atoms with E-state index in [0.29, 0.717) is 22.3 Å². The van der Waals surface area contributed by atoms with Gasteiger partial charge in [-0.2, -0.15) is 0 Å². The van der Waals surface area contributed by atoms with Crippen LogP contribution in [0.15, 0.2) is 127 Å². The summed E-state index contributed by atoms with van der Waals surface area (Å²) in [6, 6.07) is 23.8. The van der Waals surface area contributed by atoms with Gasteiger partial charge in [0.1, 0.15) is 0 Å². The molecule has 7 aromatic carbocycles. The van der Waals surface area contributed by atoms with E-state index in [-0.39, 0.29) is 45.7 Å². The summed E-state index contributed by atoms with van der Waals surface area (Å²) in [7, 11) is 0. The minimum atomic E-state index is -2.27. The van der Waals surface area contributed by atoms with Gasteiger partial charge >= 0.3 is 227 Å². The van der Waals surface area contributed by atoms with Crippen molar-refractivity contribution in [1.82, 2.24) is 0 Å². The molecule has 0 aliphatic carbocycles. The zero-order chi connectivity index (χ0) is 39.1. The second-order valence-corrected chi connectivity index (χ2v) is 24.2. The van der Waals surface area contributed by atoms with Crippen LogP contribution in [0, 0.1) is 27.7 Å². The molecular formula is C45H42Ge. The van der Waals surface area contributed by atoms with E-state index in [0.717, 1.165) is 44.5 Å². The van der Waals surface area contributed by atoms with Crippen LogP contribution >= 0.6 is 0 Å². The van der Waals surface area contributed by atoms with Gasteiger partial charge in [-0.1, -0.05) is 34.4 Å². The molecule has 0 amide bonds. The molecule has 0 aliphatic heterocycles. The molecule has 0 heterocycles. The summed E-state index contributed by atoms with van der Waals surface area (Å²) in [6.07, 6.45) is 0. The summed E-state index contributed by atoms with van der Waals surface area (Å²) in [4.78, 5) is 0. The van der Waals surface area contributed by atoms with Gasteiger partial charge in [0.25, 0.3) is 0 Å². The van der Waals surface area contributed by atoms with Gasteiger partial charge in [-0.25, -0.2) is 0 Å². The normalized spacial score (nSPS) is 14.2. The average Bonchev–Trinajstić information content (AvgIpc) is 3.12. The fourth-order valence-corrected chi connectivity index (χ4v) is 9.31. The molecule has 226 valence electrons. The number of benzene rings is 7. The molecule has 0 fully saturated rings. The molecule has 0 spiro atoms. The first-order chi connectivity index (χ1) is 25.4. The number of hydrogen-bond acceptors (Lipinski definition) is 0. The Morgan fingerprint density at radius 1 is 0.435 bits per heavy atom. The van der Waals surface area contributed by atoms with E-state index >= 15 is 0 Å². The third kappa shape index (κ3) is 5.50. The minimum absolute atomic E-state index is 0.216.